The molecule has 1 fully saturated rings. The largest absolute Gasteiger partial charge is 0.416 e. The molecular weight excluding hydrogens is 379 g/mol. The van der Waals surface area contributed by atoms with E-state index in [1.165, 1.54) is 12.1 Å². The second-order valence-electron chi connectivity index (χ2n) is 6.40. The molecule has 0 aliphatic carbocycles. The number of hydrogen-bond donors (Lipinski definition) is 1. The molecule has 0 aromatic heterocycles. The van der Waals surface area contributed by atoms with Gasteiger partial charge in [-0.3, -0.25) is 4.90 Å². The van der Waals surface area contributed by atoms with Crippen LogP contribution in [0.2, 0.25) is 5.02 Å². The zero-order chi connectivity index (χ0) is 19.4. The first-order chi connectivity index (χ1) is 12.8. The maximum absolute atomic E-state index is 12.8. The van der Waals surface area contributed by atoms with Crippen molar-refractivity contribution in [2.75, 3.05) is 31.5 Å². The van der Waals surface area contributed by atoms with Gasteiger partial charge < -0.3 is 10.2 Å². The maximum atomic E-state index is 12.8. The summed E-state index contributed by atoms with van der Waals surface area (Å²) in [5, 5.41) is 3.34. The number of rotatable bonds is 3. The van der Waals surface area contributed by atoms with E-state index in [-0.39, 0.29) is 6.03 Å². The fourth-order valence-corrected chi connectivity index (χ4v) is 3.17. The van der Waals surface area contributed by atoms with E-state index in [0.29, 0.717) is 49.0 Å². The number of halogens is 4. The molecule has 1 heterocycles. The predicted octanol–water partition coefficient (Wildman–Crippen LogP) is 4.71. The number of carbonyl (C=O) groups is 1. The summed E-state index contributed by atoms with van der Waals surface area (Å²) in [4.78, 5) is 16.1. The van der Waals surface area contributed by atoms with Crippen molar-refractivity contribution in [1.29, 1.82) is 0 Å². The standard InChI is InChI=1S/C19H19ClF3N3O/c20-16-5-2-6-17(12-16)24-18(27)26-9-7-25(8-10-26)13-14-3-1-4-15(11-14)19(21,22)23/h1-6,11-12H,7-10,13H2,(H,24,27). The Balaban J connectivity index is 1.52. The van der Waals surface area contributed by atoms with Gasteiger partial charge in [0.2, 0.25) is 0 Å². The molecule has 0 unspecified atom stereocenters. The normalized spacial score (nSPS) is 15.6. The van der Waals surface area contributed by atoms with Crippen LogP contribution in [0.15, 0.2) is 48.5 Å². The molecule has 8 heteroatoms. The minimum atomic E-state index is -4.34. The van der Waals surface area contributed by atoms with Crippen molar-refractivity contribution in [3.8, 4) is 0 Å². The maximum Gasteiger partial charge on any atom is 0.416 e. The second-order valence-corrected chi connectivity index (χ2v) is 6.84. The van der Waals surface area contributed by atoms with Crippen LogP contribution in [0, 0.1) is 0 Å². The summed E-state index contributed by atoms with van der Waals surface area (Å²) in [7, 11) is 0. The molecular formula is C19H19ClF3N3O. The summed E-state index contributed by atoms with van der Waals surface area (Å²) in [6.07, 6.45) is -4.34. The van der Waals surface area contributed by atoms with Crippen LogP contribution < -0.4 is 5.32 Å². The van der Waals surface area contributed by atoms with Gasteiger partial charge in [-0.25, -0.2) is 4.79 Å². The molecule has 1 saturated heterocycles. The Kier molecular flexibility index (Phi) is 5.92. The van der Waals surface area contributed by atoms with Gasteiger partial charge in [0.1, 0.15) is 0 Å². The fraction of sp³-hybridized carbons (Fsp3) is 0.316. The number of benzene rings is 2. The highest BCUT2D eigenvalue weighted by atomic mass is 35.5. The number of nitrogens with zero attached hydrogens (tertiary/aromatic N) is 2. The van der Waals surface area contributed by atoms with Gasteiger partial charge in [0, 0.05) is 43.4 Å². The van der Waals surface area contributed by atoms with Crippen LogP contribution in [0.25, 0.3) is 0 Å². The van der Waals surface area contributed by atoms with Gasteiger partial charge in [0.25, 0.3) is 0 Å². The summed E-state index contributed by atoms with van der Waals surface area (Å²) < 4.78 is 38.5. The molecule has 0 radical (unpaired) electrons. The summed E-state index contributed by atoms with van der Waals surface area (Å²) >= 11 is 5.91. The summed E-state index contributed by atoms with van der Waals surface area (Å²) in [6.45, 7) is 2.63. The van der Waals surface area contributed by atoms with Crippen molar-refractivity contribution in [1.82, 2.24) is 9.80 Å². The molecule has 4 nitrogen and oxygen atoms in total. The smallest absolute Gasteiger partial charge is 0.322 e. The third-order valence-electron chi connectivity index (χ3n) is 4.40. The molecule has 0 spiro atoms. The second kappa shape index (κ2) is 8.19. The van der Waals surface area contributed by atoms with Crippen molar-refractivity contribution >= 4 is 23.3 Å². The molecule has 1 aliphatic heterocycles. The number of hydrogen-bond acceptors (Lipinski definition) is 2. The molecule has 2 aromatic rings. The van der Waals surface area contributed by atoms with Crippen molar-refractivity contribution in [2.24, 2.45) is 0 Å². The minimum absolute atomic E-state index is 0.212. The average molecular weight is 398 g/mol. The van der Waals surface area contributed by atoms with Crippen LogP contribution in [-0.4, -0.2) is 42.0 Å². The quantitative estimate of drug-likeness (QED) is 0.814. The third kappa shape index (κ3) is 5.37. The van der Waals surface area contributed by atoms with Gasteiger partial charge in [0.15, 0.2) is 0 Å². The number of carbonyl (C=O) groups excluding carboxylic acids is 1. The van der Waals surface area contributed by atoms with Gasteiger partial charge in [0.05, 0.1) is 5.56 Å². The molecule has 0 bridgehead atoms. The lowest BCUT2D eigenvalue weighted by Gasteiger charge is -2.34. The average Bonchev–Trinajstić information content (AvgIpc) is 2.62. The zero-order valence-corrected chi connectivity index (χ0v) is 15.2. The molecule has 2 aromatic carbocycles. The minimum Gasteiger partial charge on any atom is -0.322 e. The van der Waals surface area contributed by atoms with Gasteiger partial charge >= 0.3 is 12.2 Å². The van der Waals surface area contributed by atoms with E-state index in [0.717, 1.165) is 6.07 Å². The van der Waals surface area contributed by atoms with Crippen molar-refractivity contribution < 1.29 is 18.0 Å². The van der Waals surface area contributed by atoms with Crippen LogP contribution >= 0.6 is 11.6 Å². The topological polar surface area (TPSA) is 35.6 Å². The Morgan fingerprint density at radius 1 is 1.04 bits per heavy atom. The first kappa shape index (κ1) is 19.5. The van der Waals surface area contributed by atoms with Crippen LogP contribution in [0.4, 0.5) is 23.7 Å². The lowest BCUT2D eigenvalue weighted by molar-refractivity contribution is -0.137. The number of anilines is 1. The highest BCUT2D eigenvalue weighted by molar-refractivity contribution is 6.30. The van der Waals surface area contributed by atoms with E-state index < -0.39 is 11.7 Å². The molecule has 0 saturated carbocycles. The number of alkyl halides is 3. The molecule has 1 N–H and O–H groups in total. The Labute approximate surface area is 160 Å². The van der Waals surface area contributed by atoms with Crippen LogP contribution in [0.1, 0.15) is 11.1 Å². The van der Waals surface area contributed by atoms with Gasteiger partial charge in [-0.2, -0.15) is 13.2 Å². The highest BCUT2D eigenvalue weighted by Crippen LogP contribution is 2.29. The Hall–Kier alpha value is -2.25. The van der Waals surface area contributed by atoms with E-state index in [1.807, 2.05) is 4.90 Å². The predicted molar refractivity (Wildman–Crippen MR) is 98.8 cm³/mol. The summed E-state index contributed by atoms with van der Waals surface area (Å²) in [6, 6.07) is 12.1. The highest BCUT2D eigenvalue weighted by Gasteiger charge is 2.30. The van der Waals surface area contributed by atoms with Gasteiger partial charge in [-0.15, -0.1) is 0 Å². The van der Waals surface area contributed by atoms with Crippen molar-refractivity contribution in [2.45, 2.75) is 12.7 Å². The molecule has 3 rings (SSSR count). The third-order valence-corrected chi connectivity index (χ3v) is 4.63. The zero-order valence-electron chi connectivity index (χ0n) is 14.5. The first-order valence-corrected chi connectivity index (χ1v) is 8.89. The van der Waals surface area contributed by atoms with E-state index in [9.17, 15) is 18.0 Å². The molecule has 1 aliphatic rings. The van der Waals surface area contributed by atoms with Gasteiger partial charge in [-0.05, 0) is 29.8 Å². The fourth-order valence-electron chi connectivity index (χ4n) is 2.98. The first-order valence-electron chi connectivity index (χ1n) is 8.51. The molecule has 27 heavy (non-hydrogen) atoms. The van der Waals surface area contributed by atoms with Crippen molar-refractivity contribution in [3.05, 3.63) is 64.7 Å². The number of amides is 2. The lowest BCUT2D eigenvalue weighted by atomic mass is 10.1. The number of urea groups is 1. The van der Waals surface area contributed by atoms with Crippen LogP contribution in [-0.2, 0) is 12.7 Å². The van der Waals surface area contributed by atoms with E-state index >= 15 is 0 Å². The van der Waals surface area contributed by atoms with E-state index in [2.05, 4.69) is 5.32 Å². The number of piperazine rings is 1. The molecule has 0 atom stereocenters. The molecule has 144 valence electrons. The number of nitrogens with one attached hydrogen (secondary N) is 1. The summed E-state index contributed by atoms with van der Waals surface area (Å²) in [5.74, 6) is 0. The van der Waals surface area contributed by atoms with E-state index in [1.54, 1.807) is 35.2 Å². The van der Waals surface area contributed by atoms with E-state index in [4.69, 9.17) is 11.6 Å². The van der Waals surface area contributed by atoms with Crippen LogP contribution in [0.5, 0.6) is 0 Å². The lowest BCUT2D eigenvalue weighted by Crippen LogP contribution is -2.49. The SMILES string of the molecule is O=C(Nc1cccc(Cl)c1)N1CCN(Cc2cccc(C(F)(F)F)c2)CC1. The Morgan fingerprint density at radius 2 is 1.74 bits per heavy atom. The van der Waals surface area contributed by atoms with Gasteiger partial charge in [-0.1, -0.05) is 35.9 Å². The Bertz CT molecular complexity index is 805. The monoisotopic (exact) mass is 397 g/mol. The molecule has 2 amide bonds. The summed E-state index contributed by atoms with van der Waals surface area (Å²) in [5.41, 5.74) is 0.597. The Morgan fingerprint density at radius 3 is 2.41 bits per heavy atom. The van der Waals surface area contributed by atoms with Crippen LogP contribution in [0.3, 0.4) is 0 Å². The van der Waals surface area contributed by atoms with Crippen molar-refractivity contribution in [3.63, 3.8) is 0 Å².